The van der Waals surface area contributed by atoms with E-state index in [1.807, 2.05) is 0 Å². The monoisotopic (exact) mass is 241 g/mol. The zero-order valence-corrected chi connectivity index (χ0v) is 10.6. The highest BCUT2D eigenvalue weighted by atomic mass is 15.1. The summed E-state index contributed by atoms with van der Waals surface area (Å²) >= 11 is 0. The Hall–Kier alpha value is -1.35. The normalized spacial score (nSPS) is 23.9. The van der Waals surface area contributed by atoms with Crippen molar-refractivity contribution in [1.29, 1.82) is 0 Å². The Morgan fingerprint density at radius 3 is 2.89 bits per heavy atom. The molecule has 1 saturated heterocycles. The van der Waals surface area contributed by atoms with Gasteiger partial charge in [-0.3, -0.25) is 0 Å². The van der Waals surface area contributed by atoms with Crippen molar-refractivity contribution in [1.82, 2.24) is 14.9 Å². The number of imidazole rings is 1. The van der Waals surface area contributed by atoms with Crippen LogP contribution in [0, 0.1) is 0 Å². The van der Waals surface area contributed by atoms with Crippen LogP contribution in [0.25, 0.3) is 11.0 Å². The standard InChI is InChI=1S/C15H19N3/c1-2-6-14-13(5-1)17-15(18(14)12-7-8-12)10-11-4-3-9-16-11/h1-2,5-6,11-12,16H,3-4,7-10H2. The molecular formula is C15H19N3. The van der Waals surface area contributed by atoms with Gasteiger partial charge in [0.15, 0.2) is 0 Å². The number of rotatable bonds is 3. The maximum absolute atomic E-state index is 4.86. The van der Waals surface area contributed by atoms with Gasteiger partial charge in [0.25, 0.3) is 0 Å². The Labute approximate surface area is 107 Å². The molecule has 1 N–H and O–H groups in total. The van der Waals surface area contributed by atoms with Crippen LogP contribution in [-0.4, -0.2) is 22.1 Å². The molecule has 3 nitrogen and oxygen atoms in total. The van der Waals surface area contributed by atoms with Crippen LogP contribution >= 0.6 is 0 Å². The molecular weight excluding hydrogens is 222 g/mol. The first-order valence-electron chi connectivity index (χ1n) is 7.11. The molecule has 0 bridgehead atoms. The molecule has 1 aliphatic carbocycles. The van der Waals surface area contributed by atoms with E-state index in [1.54, 1.807) is 0 Å². The van der Waals surface area contributed by atoms with Crippen LogP contribution in [0.1, 0.15) is 37.5 Å². The highest BCUT2D eigenvalue weighted by Crippen LogP contribution is 2.39. The molecule has 2 aromatic rings. The lowest BCUT2D eigenvalue weighted by Crippen LogP contribution is -2.25. The second-order valence-electron chi connectivity index (χ2n) is 5.62. The van der Waals surface area contributed by atoms with E-state index < -0.39 is 0 Å². The lowest BCUT2D eigenvalue weighted by molar-refractivity contribution is 0.562. The molecule has 1 aromatic carbocycles. The summed E-state index contributed by atoms with van der Waals surface area (Å²) in [4.78, 5) is 4.86. The van der Waals surface area contributed by atoms with Crippen LogP contribution in [0.4, 0.5) is 0 Å². The van der Waals surface area contributed by atoms with E-state index >= 15 is 0 Å². The van der Waals surface area contributed by atoms with Crippen LogP contribution in [0.15, 0.2) is 24.3 Å². The van der Waals surface area contributed by atoms with E-state index in [9.17, 15) is 0 Å². The minimum Gasteiger partial charge on any atom is -0.325 e. The number of hydrogen-bond acceptors (Lipinski definition) is 2. The van der Waals surface area contributed by atoms with Gasteiger partial charge in [0.05, 0.1) is 11.0 Å². The summed E-state index contributed by atoms with van der Waals surface area (Å²) in [6.45, 7) is 1.17. The third kappa shape index (κ3) is 1.74. The van der Waals surface area contributed by atoms with Gasteiger partial charge >= 0.3 is 0 Å². The summed E-state index contributed by atoms with van der Waals surface area (Å²) in [5.74, 6) is 1.29. The van der Waals surface area contributed by atoms with Gasteiger partial charge < -0.3 is 9.88 Å². The van der Waals surface area contributed by atoms with E-state index in [1.165, 1.54) is 43.6 Å². The quantitative estimate of drug-likeness (QED) is 0.895. The van der Waals surface area contributed by atoms with Crippen LogP contribution in [0.5, 0.6) is 0 Å². The Morgan fingerprint density at radius 2 is 2.11 bits per heavy atom. The van der Waals surface area contributed by atoms with Crippen LogP contribution in [-0.2, 0) is 6.42 Å². The Balaban J connectivity index is 1.75. The van der Waals surface area contributed by atoms with Gasteiger partial charge in [0.2, 0.25) is 0 Å². The predicted octanol–water partition coefficient (Wildman–Crippen LogP) is 2.67. The molecule has 0 amide bonds. The second-order valence-corrected chi connectivity index (χ2v) is 5.62. The van der Waals surface area contributed by atoms with Crippen molar-refractivity contribution < 1.29 is 0 Å². The van der Waals surface area contributed by atoms with Gasteiger partial charge in [-0.2, -0.15) is 0 Å². The molecule has 2 aliphatic rings. The molecule has 1 aromatic heterocycles. The third-order valence-corrected chi connectivity index (χ3v) is 4.17. The fourth-order valence-electron chi connectivity index (χ4n) is 3.13. The first-order valence-corrected chi connectivity index (χ1v) is 7.11. The highest BCUT2D eigenvalue weighted by Gasteiger charge is 2.29. The van der Waals surface area contributed by atoms with Gasteiger partial charge in [0, 0.05) is 18.5 Å². The fourth-order valence-corrected chi connectivity index (χ4v) is 3.13. The first-order chi connectivity index (χ1) is 8.92. The summed E-state index contributed by atoms with van der Waals surface area (Å²) in [5, 5.41) is 3.58. The number of nitrogens with zero attached hydrogens (tertiary/aromatic N) is 2. The summed E-state index contributed by atoms with van der Waals surface area (Å²) in [6.07, 6.45) is 6.35. The molecule has 1 atom stereocenters. The molecule has 3 heteroatoms. The Bertz CT molecular complexity index is 562. The third-order valence-electron chi connectivity index (χ3n) is 4.17. The van der Waals surface area contributed by atoms with E-state index in [4.69, 9.17) is 4.98 Å². The van der Waals surface area contributed by atoms with Crippen molar-refractivity contribution >= 4 is 11.0 Å². The Morgan fingerprint density at radius 1 is 1.22 bits per heavy atom. The van der Waals surface area contributed by atoms with Crippen LogP contribution in [0.2, 0.25) is 0 Å². The van der Waals surface area contributed by atoms with Crippen molar-refractivity contribution in [3.8, 4) is 0 Å². The van der Waals surface area contributed by atoms with E-state index in [0.717, 1.165) is 11.9 Å². The van der Waals surface area contributed by atoms with Crippen molar-refractivity contribution in [3.63, 3.8) is 0 Å². The molecule has 0 spiro atoms. The maximum Gasteiger partial charge on any atom is 0.111 e. The van der Waals surface area contributed by atoms with E-state index in [-0.39, 0.29) is 0 Å². The largest absolute Gasteiger partial charge is 0.325 e. The number of hydrogen-bond donors (Lipinski definition) is 1. The molecule has 4 rings (SSSR count). The summed E-state index contributed by atoms with van der Waals surface area (Å²) < 4.78 is 2.50. The number of aromatic nitrogens is 2. The van der Waals surface area contributed by atoms with Crippen LogP contribution in [0.3, 0.4) is 0 Å². The van der Waals surface area contributed by atoms with E-state index in [0.29, 0.717) is 12.1 Å². The number of nitrogens with one attached hydrogen (secondary N) is 1. The zero-order chi connectivity index (χ0) is 11.9. The zero-order valence-electron chi connectivity index (χ0n) is 10.6. The minimum atomic E-state index is 0.638. The second kappa shape index (κ2) is 4.09. The first kappa shape index (κ1) is 10.6. The number of fused-ring (bicyclic) bond motifs is 1. The molecule has 94 valence electrons. The fraction of sp³-hybridized carbons (Fsp3) is 0.533. The smallest absolute Gasteiger partial charge is 0.111 e. The van der Waals surface area contributed by atoms with Crippen molar-refractivity contribution in [2.45, 2.75) is 44.2 Å². The summed E-state index contributed by atoms with van der Waals surface area (Å²) in [7, 11) is 0. The lowest BCUT2D eigenvalue weighted by Gasteiger charge is -2.12. The predicted molar refractivity (Wildman–Crippen MR) is 72.7 cm³/mol. The molecule has 0 radical (unpaired) electrons. The maximum atomic E-state index is 4.86. The molecule has 1 unspecified atom stereocenters. The molecule has 2 heterocycles. The van der Waals surface area contributed by atoms with Crippen molar-refractivity contribution in [2.75, 3.05) is 6.54 Å². The number of para-hydroxylation sites is 2. The molecule has 2 fully saturated rings. The molecule has 1 aliphatic heterocycles. The topological polar surface area (TPSA) is 29.9 Å². The van der Waals surface area contributed by atoms with Crippen molar-refractivity contribution in [3.05, 3.63) is 30.1 Å². The highest BCUT2D eigenvalue weighted by molar-refractivity contribution is 5.76. The number of benzene rings is 1. The minimum absolute atomic E-state index is 0.638. The van der Waals surface area contributed by atoms with Gasteiger partial charge in [-0.15, -0.1) is 0 Å². The lowest BCUT2D eigenvalue weighted by atomic mass is 10.1. The summed E-state index contributed by atoms with van der Waals surface area (Å²) in [5.41, 5.74) is 2.49. The summed E-state index contributed by atoms with van der Waals surface area (Å²) in [6, 6.07) is 9.92. The van der Waals surface area contributed by atoms with Gasteiger partial charge in [-0.25, -0.2) is 4.98 Å². The Kier molecular flexibility index (Phi) is 2.40. The molecule has 18 heavy (non-hydrogen) atoms. The average molecular weight is 241 g/mol. The van der Waals surface area contributed by atoms with Gasteiger partial charge in [-0.05, 0) is 44.4 Å². The van der Waals surface area contributed by atoms with Gasteiger partial charge in [-0.1, -0.05) is 12.1 Å². The van der Waals surface area contributed by atoms with E-state index in [2.05, 4.69) is 34.1 Å². The average Bonchev–Trinajstić information content (AvgIpc) is 2.97. The molecule has 1 saturated carbocycles. The SMILES string of the molecule is c1ccc2c(c1)nc(CC1CCCN1)n2C1CC1. The van der Waals surface area contributed by atoms with Gasteiger partial charge in [0.1, 0.15) is 5.82 Å². The van der Waals surface area contributed by atoms with Crippen molar-refractivity contribution in [2.24, 2.45) is 0 Å². The van der Waals surface area contributed by atoms with Crippen LogP contribution < -0.4 is 5.32 Å².